The van der Waals surface area contributed by atoms with E-state index in [9.17, 15) is 0 Å². The lowest BCUT2D eigenvalue weighted by Gasteiger charge is -2.23. The van der Waals surface area contributed by atoms with Crippen molar-refractivity contribution in [3.63, 3.8) is 0 Å². The minimum absolute atomic E-state index is 0.159. The molecule has 3 aromatic rings. The molecule has 5 rings (SSSR count). The summed E-state index contributed by atoms with van der Waals surface area (Å²) in [6.45, 7) is 0.523. The highest BCUT2D eigenvalue weighted by Crippen LogP contribution is 2.38. The molecule has 2 heterocycles. The molecule has 0 N–H and O–H groups in total. The third-order valence-corrected chi connectivity index (χ3v) is 7.05. The molecule has 2 atom stereocenters. The van der Waals surface area contributed by atoms with Gasteiger partial charge in [0.2, 0.25) is 6.33 Å². The Bertz CT molecular complexity index is 1030. The number of nitrogens with zero attached hydrogens (tertiary/aromatic N) is 3. The van der Waals surface area contributed by atoms with Crippen LogP contribution in [0.5, 0.6) is 0 Å². The van der Waals surface area contributed by atoms with E-state index in [0.717, 1.165) is 35.8 Å². The SMILES string of the molecule is Brc1cc(Br)c(-n2c[n+]3c(n2)COC2Cc4ccc(Br)cc4[C@H]23)c(Br)c1. The summed E-state index contributed by atoms with van der Waals surface area (Å²) in [4.78, 5) is 0. The zero-order valence-corrected chi connectivity index (χ0v) is 19.6. The number of halogens is 4. The Morgan fingerprint density at radius 3 is 2.58 bits per heavy atom. The van der Waals surface area contributed by atoms with Crippen LogP contribution in [-0.4, -0.2) is 15.9 Å². The maximum Gasteiger partial charge on any atom is 0.304 e. The first kappa shape index (κ1) is 17.6. The van der Waals surface area contributed by atoms with Gasteiger partial charge >= 0.3 is 5.82 Å². The first-order valence-corrected chi connectivity index (χ1v) is 11.2. The highest BCUT2D eigenvalue weighted by Gasteiger charge is 2.43. The van der Waals surface area contributed by atoms with E-state index in [1.165, 1.54) is 11.1 Å². The minimum atomic E-state index is 0.159. The van der Waals surface area contributed by atoms with Crippen LogP contribution in [0, 0.1) is 0 Å². The summed E-state index contributed by atoms with van der Waals surface area (Å²) in [7, 11) is 0. The smallest absolute Gasteiger partial charge is 0.304 e. The first-order valence-electron chi connectivity index (χ1n) is 8.06. The number of fused-ring (bicyclic) bond motifs is 5. The average Bonchev–Trinajstić information content (AvgIpc) is 3.14. The number of rotatable bonds is 1. The molecule has 1 aliphatic carbocycles. The maximum atomic E-state index is 6.14. The molecule has 0 spiro atoms. The Hall–Kier alpha value is -0.540. The van der Waals surface area contributed by atoms with Crippen LogP contribution in [0.3, 0.4) is 0 Å². The van der Waals surface area contributed by atoms with Crippen LogP contribution in [-0.2, 0) is 17.8 Å². The fraction of sp³-hybridized carbons (Fsp3) is 0.222. The van der Waals surface area contributed by atoms with E-state index in [1.54, 1.807) is 0 Å². The molecule has 4 nitrogen and oxygen atoms in total. The molecule has 0 bridgehead atoms. The van der Waals surface area contributed by atoms with Gasteiger partial charge in [0.15, 0.2) is 5.69 Å². The van der Waals surface area contributed by atoms with Gasteiger partial charge in [-0.05, 0) is 67.3 Å². The van der Waals surface area contributed by atoms with Crippen molar-refractivity contribution in [3.8, 4) is 5.69 Å². The van der Waals surface area contributed by atoms with Crippen molar-refractivity contribution < 1.29 is 9.30 Å². The van der Waals surface area contributed by atoms with Gasteiger partial charge in [0.05, 0.1) is 8.95 Å². The fourth-order valence-electron chi connectivity index (χ4n) is 3.80. The number of hydrogen-bond acceptors (Lipinski definition) is 2. The second-order valence-corrected chi connectivity index (χ2v) is 9.98. The second-order valence-electron chi connectivity index (χ2n) is 6.44. The zero-order chi connectivity index (χ0) is 18.0. The van der Waals surface area contributed by atoms with Crippen molar-refractivity contribution in [2.75, 3.05) is 0 Å². The Kier molecular flexibility index (Phi) is 4.40. The summed E-state index contributed by atoms with van der Waals surface area (Å²) >= 11 is 14.4. The monoisotopic (exact) mass is 602 g/mol. The third-order valence-electron chi connectivity index (χ3n) is 4.89. The van der Waals surface area contributed by atoms with Gasteiger partial charge in [-0.1, -0.05) is 42.6 Å². The largest absolute Gasteiger partial charge is 0.363 e. The van der Waals surface area contributed by atoms with E-state index in [0.29, 0.717) is 6.61 Å². The highest BCUT2D eigenvalue weighted by atomic mass is 79.9. The first-order chi connectivity index (χ1) is 12.5. The molecular weight excluding hydrogens is 594 g/mol. The van der Waals surface area contributed by atoms with Crippen LogP contribution in [0.1, 0.15) is 23.0 Å². The van der Waals surface area contributed by atoms with Crippen LogP contribution < -0.4 is 4.57 Å². The molecule has 1 aliphatic heterocycles. The Morgan fingerprint density at radius 2 is 1.81 bits per heavy atom. The Morgan fingerprint density at radius 1 is 1.04 bits per heavy atom. The Labute approximate surface area is 184 Å². The predicted octanol–water partition coefficient (Wildman–Crippen LogP) is 5.25. The molecule has 0 amide bonds. The maximum absolute atomic E-state index is 6.14. The Balaban J connectivity index is 1.65. The van der Waals surface area contributed by atoms with Crippen LogP contribution in [0.25, 0.3) is 5.69 Å². The van der Waals surface area contributed by atoms with Crippen molar-refractivity contribution in [2.24, 2.45) is 0 Å². The van der Waals surface area contributed by atoms with Crippen molar-refractivity contribution in [1.29, 1.82) is 0 Å². The lowest BCUT2D eigenvalue weighted by Crippen LogP contribution is -2.51. The van der Waals surface area contributed by atoms with E-state index in [-0.39, 0.29) is 12.1 Å². The molecule has 2 aliphatic rings. The number of ether oxygens (including phenoxy) is 1. The standard InChI is InChI=1S/C18H12Br4N3O/c19-10-2-1-9-3-15-17(12(9)4-10)24-8-25(23-16(24)7-26-15)18-13(21)5-11(20)6-14(18)22/h1-2,4-6,8,15,17H,3,7H2/q+1/t15?,17-/m1/s1. The van der Waals surface area contributed by atoms with E-state index >= 15 is 0 Å². The molecule has 0 fully saturated rings. The molecule has 2 aromatic carbocycles. The van der Waals surface area contributed by atoms with Crippen LogP contribution in [0.4, 0.5) is 0 Å². The van der Waals surface area contributed by atoms with Gasteiger partial charge < -0.3 is 4.74 Å². The van der Waals surface area contributed by atoms with Gasteiger partial charge in [-0.3, -0.25) is 0 Å². The van der Waals surface area contributed by atoms with Crippen LogP contribution in [0.2, 0.25) is 0 Å². The minimum Gasteiger partial charge on any atom is -0.363 e. The van der Waals surface area contributed by atoms with E-state index in [1.807, 2.05) is 16.8 Å². The molecule has 0 saturated heterocycles. The molecule has 132 valence electrons. The summed E-state index contributed by atoms with van der Waals surface area (Å²) in [5.41, 5.74) is 3.63. The van der Waals surface area contributed by atoms with Crippen molar-refractivity contribution in [1.82, 2.24) is 9.78 Å². The molecular formula is C18H12Br4N3O+. The second kappa shape index (κ2) is 6.51. The van der Waals surface area contributed by atoms with Crippen molar-refractivity contribution in [3.05, 3.63) is 71.5 Å². The third kappa shape index (κ3) is 2.76. The van der Waals surface area contributed by atoms with Gasteiger partial charge in [-0.2, -0.15) is 0 Å². The summed E-state index contributed by atoms with van der Waals surface area (Å²) < 4.78 is 14.3. The molecule has 1 unspecified atom stereocenters. The molecule has 8 heteroatoms. The molecule has 0 saturated carbocycles. The van der Waals surface area contributed by atoms with Crippen LogP contribution >= 0.6 is 63.7 Å². The predicted molar refractivity (Wildman–Crippen MR) is 111 cm³/mol. The van der Waals surface area contributed by atoms with Gasteiger partial charge in [-0.25, -0.2) is 4.57 Å². The summed E-state index contributed by atoms with van der Waals surface area (Å²) in [5, 5.41) is 4.80. The van der Waals surface area contributed by atoms with E-state index < -0.39 is 0 Å². The van der Waals surface area contributed by atoms with Crippen molar-refractivity contribution >= 4 is 63.7 Å². The topological polar surface area (TPSA) is 30.9 Å². The molecule has 0 radical (unpaired) electrons. The zero-order valence-electron chi connectivity index (χ0n) is 13.3. The summed E-state index contributed by atoms with van der Waals surface area (Å²) in [5.74, 6) is 0.931. The van der Waals surface area contributed by atoms with Crippen LogP contribution in [0.15, 0.2) is 54.6 Å². The summed E-state index contributed by atoms with van der Waals surface area (Å²) in [6, 6.07) is 10.7. The normalized spacial score (nSPS) is 20.6. The number of aromatic nitrogens is 3. The van der Waals surface area contributed by atoms with Gasteiger partial charge in [-0.15, -0.1) is 0 Å². The lowest BCUT2D eigenvalue weighted by atomic mass is 10.1. The number of benzene rings is 2. The number of hydrogen-bond donors (Lipinski definition) is 0. The summed E-state index contributed by atoms with van der Waals surface area (Å²) in [6.07, 6.45) is 3.17. The lowest BCUT2D eigenvalue weighted by molar-refractivity contribution is -0.739. The van der Waals surface area contributed by atoms with Gasteiger partial charge in [0.25, 0.3) is 0 Å². The molecule has 1 aromatic heterocycles. The fourth-order valence-corrected chi connectivity index (χ4v) is 6.80. The van der Waals surface area contributed by atoms with Crippen molar-refractivity contribution in [2.45, 2.75) is 25.2 Å². The van der Waals surface area contributed by atoms with Gasteiger partial charge in [0.1, 0.15) is 18.8 Å². The van der Waals surface area contributed by atoms with E-state index in [2.05, 4.69) is 92.8 Å². The molecule has 26 heavy (non-hydrogen) atoms. The quantitative estimate of drug-likeness (QED) is 0.355. The van der Waals surface area contributed by atoms with Gasteiger partial charge in [0, 0.05) is 20.5 Å². The highest BCUT2D eigenvalue weighted by molar-refractivity contribution is 9.11. The average molecular weight is 606 g/mol. The van der Waals surface area contributed by atoms with E-state index in [4.69, 9.17) is 9.84 Å².